The van der Waals surface area contributed by atoms with Gasteiger partial charge in [0.25, 0.3) is 0 Å². The highest BCUT2D eigenvalue weighted by Crippen LogP contribution is 2.35. The van der Waals surface area contributed by atoms with Crippen LogP contribution in [0.25, 0.3) is 0 Å². The monoisotopic (exact) mass is 720 g/mol. The largest absolute Gasteiger partial charge is 0.461 e. The van der Waals surface area contributed by atoms with Crippen LogP contribution in [0.4, 0.5) is 0 Å². The van der Waals surface area contributed by atoms with Gasteiger partial charge in [0.1, 0.15) is 24.7 Å². The van der Waals surface area contributed by atoms with E-state index < -0.39 is 29.3 Å². The fourth-order valence-electron chi connectivity index (χ4n) is 6.09. The molecule has 2 saturated heterocycles. The molecule has 0 saturated carbocycles. The van der Waals surface area contributed by atoms with Crippen molar-refractivity contribution in [3.63, 3.8) is 0 Å². The van der Waals surface area contributed by atoms with E-state index in [2.05, 4.69) is 13.8 Å². The fraction of sp³-hybridized carbons (Fsp3) is 0.349. The second-order valence-corrected chi connectivity index (χ2v) is 14.5. The SMILES string of the molecule is CCC1(COC(=O)c2cccc(C(=O)Oc3ccc(C(C)(C)c4ccc(OC(=O)c5cccc(C(=O)OCC6(CC)COC6)c5)cc4)cc3)c2)COC1. The molecule has 0 spiro atoms. The van der Waals surface area contributed by atoms with Crippen molar-refractivity contribution in [3.05, 3.63) is 130 Å². The summed E-state index contributed by atoms with van der Waals surface area (Å²) in [4.78, 5) is 51.4. The van der Waals surface area contributed by atoms with E-state index in [0.29, 0.717) is 37.9 Å². The van der Waals surface area contributed by atoms with Gasteiger partial charge >= 0.3 is 23.9 Å². The van der Waals surface area contributed by atoms with Gasteiger partial charge < -0.3 is 28.4 Å². The molecule has 0 aromatic heterocycles. The fourth-order valence-corrected chi connectivity index (χ4v) is 6.09. The zero-order chi connectivity index (χ0) is 37.6. The minimum atomic E-state index is -0.592. The number of rotatable bonds is 14. The Morgan fingerprint density at radius 1 is 0.547 bits per heavy atom. The smallest absolute Gasteiger partial charge is 0.343 e. The summed E-state index contributed by atoms with van der Waals surface area (Å²) in [5, 5.41) is 0. The van der Waals surface area contributed by atoms with Crippen LogP contribution in [0, 0.1) is 10.8 Å². The quantitative estimate of drug-likeness (QED) is 0.0950. The summed E-state index contributed by atoms with van der Waals surface area (Å²) in [6, 6.07) is 27.0. The molecule has 2 fully saturated rings. The van der Waals surface area contributed by atoms with Crippen molar-refractivity contribution in [3.8, 4) is 11.5 Å². The maximum Gasteiger partial charge on any atom is 0.343 e. The molecule has 10 heteroatoms. The lowest BCUT2D eigenvalue weighted by molar-refractivity contribution is -0.140. The van der Waals surface area contributed by atoms with Gasteiger partial charge in [-0.15, -0.1) is 0 Å². The van der Waals surface area contributed by atoms with Crippen molar-refractivity contribution in [1.82, 2.24) is 0 Å². The lowest BCUT2D eigenvalue weighted by Crippen LogP contribution is -2.46. The summed E-state index contributed by atoms with van der Waals surface area (Å²) in [5.41, 5.74) is 2.23. The zero-order valence-corrected chi connectivity index (χ0v) is 30.5. The summed E-state index contributed by atoms with van der Waals surface area (Å²) < 4.78 is 32.9. The van der Waals surface area contributed by atoms with Gasteiger partial charge in [0, 0.05) is 5.41 Å². The molecule has 4 aromatic rings. The molecule has 4 aromatic carbocycles. The van der Waals surface area contributed by atoms with E-state index >= 15 is 0 Å². The van der Waals surface area contributed by atoms with E-state index in [-0.39, 0.29) is 46.3 Å². The summed E-state index contributed by atoms with van der Waals surface area (Å²) in [7, 11) is 0. The van der Waals surface area contributed by atoms with Crippen molar-refractivity contribution < 1.29 is 47.6 Å². The molecule has 0 aliphatic carbocycles. The summed E-state index contributed by atoms with van der Waals surface area (Å²) in [6.45, 7) is 11.0. The Morgan fingerprint density at radius 2 is 0.887 bits per heavy atom. The number of esters is 4. The number of ether oxygens (including phenoxy) is 6. The lowest BCUT2D eigenvalue weighted by atomic mass is 9.78. The number of benzene rings is 4. The van der Waals surface area contributed by atoms with Crippen molar-refractivity contribution in [2.24, 2.45) is 10.8 Å². The Morgan fingerprint density at radius 3 is 1.19 bits per heavy atom. The molecule has 6 rings (SSSR count). The topological polar surface area (TPSA) is 124 Å². The number of carbonyl (C=O) groups is 4. The predicted molar refractivity (Wildman–Crippen MR) is 195 cm³/mol. The minimum absolute atomic E-state index is 0.135. The van der Waals surface area contributed by atoms with Gasteiger partial charge in [0.05, 0.1) is 59.5 Å². The van der Waals surface area contributed by atoms with E-state index in [1.54, 1.807) is 60.7 Å². The molecule has 0 atom stereocenters. The molecule has 0 unspecified atom stereocenters. The van der Waals surface area contributed by atoms with Crippen LogP contribution < -0.4 is 9.47 Å². The van der Waals surface area contributed by atoms with Crippen LogP contribution in [-0.2, 0) is 24.4 Å². The van der Waals surface area contributed by atoms with Crippen molar-refractivity contribution in [2.75, 3.05) is 39.6 Å². The molecule has 2 aliphatic heterocycles. The summed E-state index contributed by atoms with van der Waals surface area (Å²) in [6.07, 6.45) is 1.70. The van der Waals surface area contributed by atoms with Gasteiger partial charge in [0.15, 0.2) is 0 Å². The Kier molecular flexibility index (Phi) is 11.1. The highest BCUT2D eigenvalue weighted by atomic mass is 16.6. The maximum absolute atomic E-state index is 13.0. The number of hydrogen-bond donors (Lipinski definition) is 0. The Balaban J connectivity index is 1.03. The van der Waals surface area contributed by atoms with Gasteiger partial charge in [-0.25, -0.2) is 19.2 Å². The number of hydrogen-bond acceptors (Lipinski definition) is 10. The summed E-state index contributed by atoms with van der Waals surface area (Å²) in [5.74, 6) is -1.47. The molecule has 0 bridgehead atoms. The van der Waals surface area contributed by atoms with E-state index in [4.69, 9.17) is 28.4 Å². The normalized spacial score (nSPS) is 15.6. The van der Waals surface area contributed by atoms with Crippen LogP contribution in [0.3, 0.4) is 0 Å². The van der Waals surface area contributed by atoms with E-state index in [9.17, 15) is 19.2 Å². The van der Waals surface area contributed by atoms with Gasteiger partial charge in [-0.3, -0.25) is 0 Å². The molecule has 0 N–H and O–H groups in total. The highest BCUT2D eigenvalue weighted by molar-refractivity contribution is 5.97. The standard InChI is InChI=1S/C43H44O10/c1-5-42(23-48-24-42)27-50-37(44)29-9-7-11-31(21-29)39(46)52-35-17-13-33(14-18-35)41(3,4)34-15-19-36(20-16-34)53-40(47)32-12-8-10-30(22-32)38(45)51-28-43(6-2)25-49-26-43/h7-22H,5-6,23-28H2,1-4H3. The van der Waals surface area contributed by atoms with Crippen LogP contribution in [-0.4, -0.2) is 63.5 Å². The summed E-state index contributed by atoms with van der Waals surface area (Å²) >= 11 is 0. The highest BCUT2D eigenvalue weighted by Gasteiger charge is 2.39. The molecular formula is C43H44O10. The average Bonchev–Trinajstić information content (AvgIpc) is 3.14. The Bertz CT molecular complexity index is 1800. The van der Waals surface area contributed by atoms with Gasteiger partial charge in [0.2, 0.25) is 0 Å². The Hall–Kier alpha value is -5.32. The molecule has 2 heterocycles. The third-order valence-corrected chi connectivity index (χ3v) is 10.4. The van der Waals surface area contributed by atoms with Crippen LogP contribution in [0.1, 0.15) is 93.1 Å². The van der Waals surface area contributed by atoms with Crippen LogP contribution in [0.2, 0.25) is 0 Å². The molecule has 0 radical (unpaired) electrons. The van der Waals surface area contributed by atoms with Gasteiger partial charge in [-0.05, 0) is 84.6 Å². The molecule has 276 valence electrons. The third-order valence-electron chi connectivity index (χ3n) is 10.4. The molecular weight excluding hydrogens is 676 g/mol. The van der Waals surface area contributed by atoms with Gasteiger partial charge in [-0.1, -0.05) is 64.1 Å². The predicted octanol–water partition coefficient (Wildman–Crippen LogP) is 7.62. The van der Waals surface area contributed by atoms with E-state index in [1.165, 1.54) is 12.1 Å². The minimum Gasteiger partial charge on any atom is -0.461 e. The molecule has 53 heavy (non-hydrogen) atoms. The van der Waals surface area contributed by atoms with Crippen LogP contribution >= 0.6 is 0 Å². The zero-order valence-electron chi connectivity index (χ0n) is 30.5. The van der Waals surface area contributed by atoms with Crippen molar-refractivity contribution in [1.29, 1.82) is 0 Å². The average molecular weight is 721 g/mol. The second-order valence-electron chi connectivity index (χ2n) is 14.5. The number of carbonyl (C=O) groups excluding carboxylic acids is 4. The molecule has 10 nitrogen and oxygen atoms in total. The first-order valence-corrected chi connectivity index (χ1v) is 17.8. The van der Waals surface area contributed by atoms with Crippen molar-refractivity contribution in [2.45, 2.75) is 46.0 Å². The van der Waals surface area contributed by atoms with Crippen LogP contribution in [0.5, 0.6) is 11.5 Å². The molecule has 0 amide bonds. The van der Waals surface area contributed by atoms with Gasteiger partial charge in [-0.2, -0.15) is 0 Å². The lowest BCUT2D eigenvalue weighted by Gasteiger charge is -2.39. The maximum atomic E-state index is 13.0. The first kappa shape index (κ1) is 37.4. The van der Waals surface area contributed by atoms with E-state index in [1.807, 2.05) is 38.1 Å². The third kappa shape index (κ3) is 8.50. The Labute approximate surface area is 309 Å². The first-order chi connectivity index (χ1) is 25.4. The molecule has 2 aliphatic rings. The van der Waals surface area contributed by atoms with Crippen molar-refractivity contribution >= 4 is 23.9 Å². The second kappa shape index (κ2) is 15.7. The van der Waals surface area contributed by atoms with E-state index in [0.717, 1.165) is 24.0 Å². The van der Waals surface area contributed by atoms with Crippen LogP contribution in [0.15, 0.2) is 97.1 Å². The first-order valence-electron chi connectivity index (χ1n) is 17.8.